The molecule has 0 fully saturated rings. The Balaban J connectivity index is 3.07. The van der Waals surface area contributed by atoms with Crippen molar-refractivity contribution in [3.05, 3.63) is 18.2 Å². The maximum Gasteiger partial charge on any atom is 0.326 e. The Labute approximate surface area is 206 Å². The lowest BCUT2D eigenvalue weighted by molar-refractivity contribution is -0.143. The van der Waals surface area contributed by atoms with Crippen LogP contribution in [0.15, 0.2) is 12.5 Å². The van der Waals surface area contributed by atoms with Crippen molar-refractivity contribution in [1.29, 1.82) is 0 Å². The summed E-state index contributed by atoms with van der Waals surface area (Å²) in [5.74, 6) is -6.34. The molecule has 15 nitrogen and oxygen atoms in total. The minimum absolute atomic E-state index is 0.0634. The van der Waals surface area contributed by atoms with E-state index in [2.05, 4.69) is 25.9 Å². The molecule has 0 aliphatic rings. The summed E-state index contributed by atoms with van der Waals surface area (Å²) >= 11 is 0. The predicted octanol–water partition coefficient (Wildman–Crippen LogP) is -2.40. The molecule has 0 aliphatic carbocycles. The number of imidazole rings is 1. The topological polar surface area (TPSA) is 260 Å². The summed E-state index contributed by atoms with van der Waals surface area (Å²) < 4.78 is 0. The number of primary amides is 1. The molecule has 5 unspecified atom stereocenters. The van der Waals surface area contributed by atoms with Gasteiger partial charge in [-0.1, -0.05) is 20.3 Å². The summed E-state index contributed by atoms with van der Waals surface area (Å²) in [5.41, 5.74) is 11.2. The van der Waals surface area contributed by atoms with E-state index >= 15 is 0 Å². The van der Waals surface area contributed by atoms with Crippen LogP contribution >= 0.6 is 0 Å². The van der Waals surface area contributed by atoms with Crippen molar-refractivity contribution in [2.45, 2.75) is 70.1 Å². The van der Waals surface area contributed by atoms with Gasteiger partial charge < -0.3 is 42.6 Å². The number of nitrogens with two attached hydrogens (primary N) is 2. The number of rotatable bonds is 16. The zero-order chi connectivity index (χ0) is 27.4. The van der Waals surface area contributed by atoms with Gasteiger partial charge in [0.05, 0.1) is 18.8 Å². The van der Waals surface area contributed by atoms with E-state index in [1.54, 1.807) is 13.8 Å². The van der Waals surface area contributed by atoms with E-state index in [1.165, 1.54) is 12.5 Å². The van der Waals surface area contributed by atoms with Crippen molar-refractivity contribution in [3.8, 4) is 0 Å². The van der Waals surface area contributed by atoms with Crippen LogP contribution in [0.4, 0.5) is 0 Å². The lowest BCUT2D eigenvalue weighted by Gasteiger charge is -2.28. The van der Waals surface area contributed by atoms with E-state index in [4.69, 9.17) is 16.6 Å². The summed E-state index contributed by atoms with van der Waals surface area (Å²) in [7, 11) is 0. The summed E-state index contributed by atoms with van der Waals surface area (Å²) in [6, 6.07) is -5.23. The summed E-state index contributed by atoms with van der Waals surface area (Å²) in [6.07, 6.45) is 1.86. The third kappa shape index (κ3) is 10.1. The van der Waals surface area contributed by atoms with E-state index < -0.39 is 78.5 Å². The molecule has 200 valence electrons. The van der Waals surface area contributed by atoms with Crippen LogP contribution in [0.25, 0.3) is 0 Å². The Morgan fingerprint density at radius 3 is 2.17 bits per heavy atom. The second kappa shape index (κ2) is 14.4. The number of carbonyl (C=O) groups excluding carboxylic acids is 4. The standard InChI is InChI=1S/C21H33N7O8/c1-3-10(2)17(20(34)26-13(21(35)36)4-5-16(30)31)28-19(33)14(6-11-8-24-9-25-11)27-18(32)12(22)7-15(23)29/h8-10,12-14,17H,3-7,22H2,1-2H3,(H2,23,29)(H,24,25)(H,26,34)(H,27,32)(H,28,33)(H,30,31)(H,35,36). The Bertz CT molecular complexity index is 937. The van der Waals surface area contributed by atoms with Crippen LogP contribution in [0.5, 0.6) is 0 Å². The van der Waals surface area contributed by atoms with Crippen LogP contribution < -0.4 is 27.4 Å². The van der Waals surface area contributed by atoms with Crippen LogP contribution in [0.2, 0.25) is 0 Å². The lowest BCUT2D eigenvalue weighted by atomic mass is 9.96. The number of carboxylic acid groups (broad SMARTS) is 2. The quantitative estimate of drug-likeness (QED) is 0.117. The average molecular weight is 512 g/mol. The molecule has 0 bridgehead atoms. The third-order valence-electron chi connectivity index (χ3n) is 5.42. The largest absolute Gasteiger partial charge is 0.481 e. The Morgan fingerprint density at radius 1 is 1.03 bits per heavy atom. The van der Waals surface area contributed by atoms with E-state index in [9.17, 15) is 33.9 Å². The van der Waals surface area contributed by atoms with Crippen molar-refractivity contribution in [2.24, 2.45) is 17.4 Å². The van der Waals surface area contributed by atoms with E-state index in [-0.39, 0.29) is 12.8 Å². The molecule has 10 N–H and O–H groups in total. The fraction of sp³-hybridized carbons (Fsp3) is 0.571. The Hall–Kier alpha value is -4.01. The first kappa shape index (κ1) is 30.0. The van der Waals surface area contributed by atoms with Crippen LogP contribution in [0.3, 0.4) is 0 Å². The fourth-order valence-electron chi connectivity index (χ4n) is 3.16. The maximum atomic E-state index is 13.2. The number of amides is 4. The predicted molar refractivity (Wildman–Crippen MR) is 124 cm³/mol. The monoisotopic (exact) mass is 511 g/mol. The number of carbonyl (C=O) groups is 6. The molecule has 0 radical (unpaired) electrons. The van der Waals surface area contributed by atoms with Crippen LogP contribution in [0, 0.1) is 5.92 Å². The van der Waals surface area contributed by atoms with Gasteiger partial charge in [0, 0.05) is 24.7 Å². The van der Waals surface area contributed by atoms with Crippen molar-refractivity contribution in [3.63, 3.8) is 0 Å². The van der Waals surface area contributed by atoms with Gasteiger partial charge in [-0.3, -0.25) is 24.0 Å². The number of aromatic nitrogens is 2. The molecule has 0 spiro atoms. The number of aliphatic carboxylic acids is 2. The number of nitrogens with zero attached hydrogens (tertiary/aromatic N) is 1. The minimum Gasteiger partial charge on any atom is -0.481 e. The highest BCUT2D eigenvalue weighted by atomic mass is 16.4. The molecule has 5 atom stereocenters. The molecule has 0 aliphatic heterocycles. The van der Waals surface area contributed by atoms with Gasteiger partial charge in [-0.2, -0.15) is 0 Å². The highest BCUT2D eigenvalue weighted by Crippen LogP contribution is 2.11. The van der Waals surface area contributed by atoms with Gasteiger partial charge in [0.25, 0.3) is 0 Å². The molecule has 1 rings (SSSR count). The summed E-state index contributed by atoms with van der Waals surface area (Å²) in [6.45, 7) is 3.41. The van der Waals surface area contributed by atoms with E-state index in [1.807, 2.05) is 0 Å². The fourth-order valence-corrected chi connectivity index (χ4v) is 3.16. The minimum atomic E-state index is -1.48. The molecular weight excluding hydrogens is 478 g/mol. The smallest absolute Gasteiger partial charge is 0.326 e. The SMILES string of the molecule is CCC(C)C(NC(=O)C(Cc1cnc[nH]1)NC(=O)C(N)CC(N)=O)C(=O)NC(CCC(=O)O)C(=O)O. The Kier molecular flexibility index (Phi) is 12.0. The molecule has 1 heterocycles. The molecule has 36 heavy (non-hydrogen) atoms. The molecule has 1 aromatic rings. The van der Waals surface area contributed by atoms with Crippen molar-refractivity contribution in [2.75, 3.05) is 0 Å². The van der Waals surface area contributed by atoms with Crippen molar-refractivity contribution in [1.82, 2.24) is 25.9 Å². The van der Waals surface area contributed by atoms with Gasteiger partial charge in [0.1, 0.15) is 18.1 Å². The normalized spacial score (nSPS) is 15.0. The number of nitrogens with one attached hydrogen (secondary N) is 4. The van der Waals surface area contributed by atoms with Gasteiger partial charge in [-0.25, -0.2) is 9.78 Å². The van der Waals surface area contributed by atoms with Gasteiger partial charge in [0.15, 0.2) is 0 Å². The maximum absolute atomic E-state index is 13.2. The average Bonchev–Trinajstić information content (AvgIpc) is 3.31. The second-order valence-corrected chi connectivity index (χ2v) is 8.32. The van der Waals surface area contributed by atoms with Gasteiger partial charge in [-0.15, -0.1) is 0 Å². The van der Waals surface area contributed by atoms with Gasteiger partial charge >= 0.3 is 11.9 Å². The highest BCUT2D eigenvalue weighted by molar-refractivity contribution is 5.95. The first-order chi connectivity index (χ1) is 16.8. The summed E-state index contributed by atoms with van der Waals surface area (Å²) in [5, 5.41) is 25.4. The molecule has 4 amide bonds. The first-order valence-corrected chi connectivity index (χ1v) is 11.2. The molecule has 1 aromatic heterocycles. The molecular formula is C21H33N7O8. The number of aromatic amines is 1. The summed E-state index contributed by atoms with van der Waals surface area (Å²) in [4.78, 5) is 78.5. The number of carboxylic acids is 2. The molecule has 0 aromatic carbocycles. The van der Waals surface area contributed by atoms with Crippen molar-refractivity contribution < 1.29 is 39.0 Å². The van der Waals surface area contributed by atoms with Gasteiger partial charge in [-0.05, 0) is 12.3 Å². The Morgan fingerprint density at radius 2 is 1.67 bits per heavy atom. The first-order valence-electron chi connectivity index (χ1n) is 11.2. The number of hydrogen-bond acceptors (Lipinski definition) is 8. The van der Waals surface area contributed by atoms with Crippen LogP contribution in [0.1, 0.15) is 45.2 Å². The third-order valence-corrected chi connectivity index (χ3v) is 5.42. The number of hydrogen-bond donors (Lipinski definition) is 8. The molecule has 0 saturated carbocycles. The molecule has 15 heteroatoms. The zero-order valence-corrected chi connectivity index (χ0v) is 20.0. The zero-order valence-electron chi connectivity index (χ0n) is 20.0. The number of H-pyrrole nitrogens is 1. The van der Waals surface area contributed by atoms with E-state index in [0.717, 1.165) is 0 Å². The molecule has 0 saturated heterocycles. The second-order valence-electron chi connectivity index (χ2n) is 8.32. The lowest BCUT2D eigenvalue weighted by Crippen LogP contribution is -2.59. The highest BCUT2D eigenvalue weighted by Gasteiger charge is 2.33. The van der Waals surface area contributed by atoms with Crippen molar-refractivity contribution >= 4 is 35.6 Å². The van der Waals surface area contributed by atoms with Crippen LogP contribution in [-0.4, -0.2) is 79.9 Å². The van der Waals surface area contributed by atoms with Gasteiger partial charge in [0.2, 0.25) is 23.6 Å². The van der Waals surface area contributed by atoms with E-state index in [0.29, 0.717) is 12.1 Å². The van der Waals surface area contributed by atoms with Crippen LogP contribution in [-0.2, 0) is 35.2 Å².